The van der Waals surface area contributed by atoms with Gasteiger partial charge in [0.15, 0.2) is 0 Å². The zero-order valence-electron chi connectivity index (χ0n) is 8.58. The molecule has 0 aromatic carbocycles. The van der Waals surface area contributed by atoms with Gasteiger partial charge in [-0.15, -0.1) is 0 Å². The van der Waals surface area contributed by atoms with E-state index < -0.39 is 12.0 Å². The number of hydrogen-bond donors (Lipinski definition) is 2. The van der Waals surface area contributed by atoms with Crippen LogP contribution in [-0.2, 0) is 9.59 Å². The van der Waals surface area contributed by atoms with Crippen molar-refractivity contribution >= 4 is 23.6 Å². The third kappa shape index (κ3) is 6.77. The number of thioether (sulfide) groups is 1. The SMILES string of the molecule is CSCCCC[C@H](NC(C)=O)C(=O)O. The van der Waals surface area contributed by atoms with Gasteiger partial charge in [-0.3, -0.25) is 4.79 Å². The summed E-state index contributed by atoms with van der Waals surface area (Å²) >= 11 is 1.74. The Balaban J connectivity index is 3.74. The van der Waals surface area contributed by atoms with Crippen molar-refractivity contribution in [2.45, 2.75) is 32.2 Å². The molecule has 0 aliphatic heterocycles. The van der Waals surface area contributed by atoms with Crippen LogP contribution in [0.1, 0.15) is 26.2 Å². The minimum absolute atomic E-state index is 0.290. The van der Waals surface area contributed by atoms with E-state index in [-0.39, 0.29) is 5.91 Å². The van der Waals surface area contributed by atoms with Crippen LogP contribution in [0.5, 0.6) is 0 Å². The molecule has 0 aliphatic carbocycles. The van der Waals surface area contributed by atoms with Crippen LogP contribution in [-0.4, -0.2) is 35.0 Å². The fraction of sp³-hybridized carbons (Fsp3) is 0.778. The quantitative estimate of drug-likeness (QED) is 0.629. The van der Waals surface area contributed by atoms with Crippen molar-refractivity contribution in [2.75, 3.05) is 12.0 Å². The Hall–Kier alpha value is -0.710. The average Bonchev–Trinajstić information content (AvgIpc) is 2.09. The molecule has 1 amide bonds. The fourth-order valence-corrected chi connectivity index (χ4v) is 1.59. The summed E-state index contributed by atoms with van der Waals surface area (Å²) in [5.74, 6) is -0.210. The summed E-state index contributed by atoms with van der Waals surface area (Å²) in [5.41, 5.74) is 0. The van der Waals surface area contributed by atoms with Crippen molar-refractivity contribution in [2.24, 2.45) is 0 Å². The van der Waals surface area contributed by atoms with Crippen LogP contribution in [0.15, 0.2) is 0 Å². The molecule has 0 spiro atoms. The zero-order chi connectivity index (χ0) is 11.0. The number of nitrogens with one attached hydrogen (secondary N) is 1. The van der Waals surface area contributed by atoms with Crippen molar-refractivity contribution in [3.05, 3.63) is 0 Å². The minimum atomic E-state index is -0.954. The lowest BCUT2D eigenvalue weighted by atomic mass is 10.1. The van der Waals surface area contributed by atoms with Gasteiger partial charge in [0.2, 0.25) is 5.91 Å². The van der Waals surface area contributed by atoms with E-state index in [0.717, 1.165) is 18.6 Å². The molecule has 0 bridgehead atoms. The van der Waals surface area contributed by atoms with Crippen LogP contribution in [0.4, 0.5) is 0 Å². The molecule has 0 aromatic rings. The van der Waals surface area contributed by atoms with Crippen LogP contribution >= 0.6 is 11.8 Å². The van der Waals surface area contributed by atoms with Crippen LogP contribution in [0.25, 0.3) is 0 Å². The molecule has 0 unspecified atom stereocenters. The van der Waals surface area contributed by atoms with Gasteiger partial charge < -0.3 is 10.4 Å². The molecule has 14 heavy (non-hydrogen) atoms. The monoisotopic (exact) mass is 219 g/mol. The molecule has 0 aromatic heterocycles. The molecule has 5 heteroatoms. The number of carbonyl (C=O) groups is 2. The molecule has 0 radical (unpaired) electrons. The highest BCUT2D eigenvalue weighted by atomic mass is 32.2. The summed E-state index contributed by atoms with van der Waals surface area (Å²) in [6, 6.07) is -0.727. The van der Waals surface area contributed by atoms with Gasteiger partial charge >= 0.3 is 5.97 Å². The van der Waals surface area contributed by atoms with Gasteiger partial charge in [0.05, 0.1) is 0 Å². The van der Waals surface area contributed by atoms with Gasteiger partial charge in [-0.1, -0.05) is 0 Å². The van der Waals surface area contributed by atoms with E-state index >= 15 is 0 Å². The Morgan fingerprint density at radius 2 is 2.07 bits per heavy atom. The number of amides is 1. The smallest absolute Gasteiger partial charge is 0.326 e. The summed E-state index contributed by atoms with van der Waals surface area (Å²) in [6.45, 7) is 1.33. The van der Waals surface area contributed by atoms with Gasteiger partial charge in [0.1, 0.15) is 6.04 Å². The number of unbranched alkanes of at least 4 members (excludes halogenated alkanes) is 1. The number of carboxylic acid groups (broad SMARTS) is 1. The topological polar surface area (TPSA) is 66.4 Å². The van der Waals surface area contributed by atoms with Crippen molar-refractivity contribution in [1.82, 2.24) is 5.32 Å². The van der Waals surface area contributed by atoms with Gasteiger partial charge in [-0.05, 0) is 31.3 Å². The molecule has 0 fully saturated rings. The second kappa shape index (κ2) is 7.67. The molecule has 0 heterocycles. The molecule has 2 N–H and O–H groups in total. The predicted molar refractivity (Wildman–Crippen MR) is 57.5 cm³/mol. The highest BCUT2D eigenvalue weighted by Crippen LogP contribution is 2.05. The minimum Gasteiger partial charge on any atom is -0.480 e. The summed E-state index contributed by atoms with van der Waals surface area (Å²) < 4.78 is 0. The number of carbonyl (C=O) groups excluding carboxylic acids is 1. The largest absolute Gasteiger partial charge is 0.480 e. The summed E-state index contributed by atoms with van der Waals surface area (Å²) in [4.78, 5) is 21.3. The van der Waals surface area contributed by atoms with Crippen molar-refractivity contribution in [1.29, 1.82) is 0 Å². The zero-order valence-corrected chi connectivity index (χ0v) is 9.39. The third-order valence-electron chi connectivity index (χ3n) is 1.77. The number of aliphatic carboxylic acids is 1. The van der Waals surface area contributed by atoms with E-state index in [1.165, 1.54) is 6.92 Å². The maximum absolute atomic E-state index is 10.7. The van der Waals surface area contributed by atoms with E-state index in [1.807, 2.05) is 6.26 Å². The molecular formula is C9H17NO3S. The standard InChI is InChI=1S/C9H17NO3S/c1-7(11)10-8(9(12)13)5-3-4-6-14-2/h8H,3-6H2,1-2H3,(H,10,11)(H,12,13)/t8-/m0/s1. The number of rotatable bonds is 7. The first kappa shape index (κ1) is 13.3. The Morgan fingerprint density at radius 3 is 2.50 bits per heavy atom. The molecule has 0 rings (SSSR count). The summed E-state index contributed by atoms with van der Waals surface area (Å²) in [6.07, 6.45) is 4.35. The van der Waals surface area contributed by atoms with Gasteiger partial charge in [-0.2, -0.15) is 11.8 Å². The highest BCUT2D eigenvalue weighted by Gasteiger charge is 2.16. The molecular weight excluding hydrogens is 202 g/mol. The van der Waals surface area contributed by atoms with Crippen LogP contribution in [0.2, 0.25) is 0 Å². The lowest BCUT2D eigenvalue weighted by molar-refractivity contribution is -0.141. The van der Waals surface area contributed by atoms with E-state index in [1.54, 1.807) is 11.8 Å². The number of hydrogen-bond acceptors (Lipinski definition) is 3. The van der Waals surface area contributed by atoms with E-state index in [9.17, 15) is 9.59 Å². The van der Waals surface area contributed by atoms with Gasteiger partial charge in [-0.25, -0.2) is 4.79 Å². The first-order valence-corrected chi connectivity index (χ1v) is 5.96. The summed E-state index contributed by atoms with van der Waals surface area (Å²) in [7, 11) is 0. The molecule has 1 atom stereocenters. The summed E-state index contributed by atoms with van der Waals surface area (Å²) in [5, 5.41) is 11.2. The molecule has 0 aliphatic rings. The maximum atomic E-state index is 10.7. The van der Waals surface area contributed by atoms with E-state index in [0.29, 0.717) is 6.42 Å². The normalized spacial score (nSPS) is 12.1. The molecule has 82 valence electrons. The van der Waals surface area contributed by atoms with Crippen molar-refractivity contribution in [3.8, 4) is 0 Å². The highest BCUT2D eigenvalue weighted by molar-refractivity contribution is 7.98. The Labute approximate surface area is 88.4 Å². The molecule has 0 saturated heterocycles. The predicted octanol–water partition coefficient (Wildman–Crippen LogP) is 1.11. The maximum Gasteiger partial charge on any atom is 0.326 e. The van der Waals surface area contributed by atoms with Crippen molar-refractivity contribution in [3.63, 3.8) is 0 Å². The van der Waals surface area contributed by atoms with Gasteiger partial charge in [0.25, 0.3) is 0 Å². The average molecular weight is 219 g/mol. The lowest BCUT2D eigenvalue weighted by Crippen LogP contribution is -2.39. The Morgan fingerprint density at radius 1 is 1.43 bits per heavy atom. The number of carboxylic acids is 1. The fourth-order valence-electron chi connectivity index (χ4n) is 1.10. The van der Waals surface area contributed by atoms with Crippen LogP contribution in [0, 0.1) is 0 Å². The van der Waals surface area contributed by atoms with E-state index in [4.69, 9.17) is 5.11 Å². The Kier molecular flexibility index (Phi) is 7.28. The van der Waals surface area contributed by atoms with E-state index in [2.05, 4.69) is 5.32 Å². The first-order valence-electron chi connectivity index (χ1n) is 4.56. The lowest BCUT2D eigenvalue weighted by Gasteiger charge is -2.12. The second-order valence-electron chi connectivity index (χ2n) is 3.08. The van der Waals surface area contributed by atoms with Crippen molar-refractivity contribution < 1.29 is 14.7 Å². The van der Waals surface area contributed by atoms with Gasteiger partial charge in [0, 0.05) is 6.92 Å². The molecule has 4 nitrogen and oxygen atoms in total. The van der Waals surface area contributed by atoms with Crippen LogP contribution < -0.4 is 5.32 Å². The Bertz CT molecular complexity index is 196. The molecule has 0 saturated carbocycles. The third-order valence-corrected chi connectivity index (χ3v) is 2.46. The van der Waals surface area contributed by atoms with Crippen LogP contribution in [0.3, 0.4) is 0 Å². The second-order valence-corrected chi connectivity index (χ2v) is 4.07. The first-order chi connectivity index (χ1) is 6.57.